The second-order valence-electron chi connectivity index (χ2n) is 6.27. The summed E-state index contributed by atoms with van der Waals surface area (Å²) in [5.74, 6) is 0.271. The van der Waals surface area contributed by atoms with E-state index in [0.717, 1.165) is 19.6 Å². The van der Waals surface area contributed by atoms with Gasteiger partial charge in [-0.25, -0.2) is 0 Å². The van der Waals surface area contributed by atoms with Crippen molar-refractivity contribution in [3.63, 3.8) is 0 Å². The third-order valence-electron chi connectivity index (χ3n) is 4.37. The summed E-state index contributed by atoms with van der Waals surface area (Å²) >= 11 is 5.94. The Balaban J connectivity index is 0.00000261. The van der Waals surface area contributed by atoms with Crippen molar-refractivity contribution in [3.8, 4) is 5.75 Å². The molecule has 0 saturated carbocycles. The number of hydrogen-bond donors (Lipinski definition) is 1. The first-order valence-electron chi connectivity index (χ1n) is 8.65. The van der Waals surface area contributed by atoms with E-state index in [0.29, 0.717) is 29.5 Å². The molecule has 1 N–H and O–H groups in total. The Morgan fingerprint density at radius 3 is 2.81 bits per heavy atom. The summed E-state index contributed by atoms with van der Waals surface area (Å²) in [4.78, 5) is 14.8. The Morgan fingerprint density at radius 2 is 2.07 bits per heavy atom. The number of rotatable bonds is 6. The summed E-state index contributed by atoms with van der Waals surface area (Å²) in [6.07, 6.45) is -0.0327. The molecule has 0 bridgehead atoms. The molecule has 5 nitrogen and oxygen atoms in total. The lowest BCUT2D eigenvalue weighted by Gasteiger charge is -2.33. The molecule has 2 aromatic rings. The van der Waals surface area contributed by atoms with E-state index in [1.54, 1.807) is 18.2 Å². The lowest BCUT2D eigenvalue weighted by Crippen LogP contribution is -2.47. The molecule has 0 aromatic heterocycles. The maximum Gasteiger partial charge on any atom is 0.255 e. The zero-order chi connectivity index (χ0) is 18.4. The number of ether oxygens (including phenoxy) is 2. The average molecular weight is 411 g/mol. The number of methoxy groups -OCH3 is 1. The normalized spacial score (nSPS) is 17.0. The number of morpholine rings is 1. The molecule has 27 heavy (non-hydrogen) atoms. The minimum atomic E-state index is -0.192. The van der Waals surface area contributed by atoms with Crippen LogP contribution in [0.4, 0.5) is 0 Å². The van der Waals surface area contributed by atoms with E-state index in [1.807, 2.05) is 18.2 Å². The summed E-state index contributed by atoms with van der Waals surface area (Å²) in [5.41, 5.74) is 1.75. The average Bonchev–Trinajstić information content (AvgIpc) is 2.67. The van der Waals surface area contributed by atoms with E-state index in [9.17, 15) is 4.79 Å². The maximum absolute atomic E-state index is 12.4. The number of nitrogens with one attached hydrogen (secondary N) is 1. The number of carbonyl (C=O) groups excluding carboxylic acids is 1. The van der Waals surface area contributed by atoms with Gasteiger partial charge in [-0.3, -0.25) is 9.69 Å². The van der Waals surface area contributed by atoms with Crippen molar-refractivity contribution < 1.29 is 14.3 Å². The van der Waals surface area contributed by atoms with Crippen LogP contribution in [0.25, 0.3) is 0 Å². The fourth-order valence-corrected chi connectivity index (χ4v) is 3.21. The van der Waals surface area contributed by atoms with Crippen LogP contribution in [0.3, 0.4) is 0 Å². The first-order valence-corrected chi connectivity index (χ1v) is 9.03. The largest absolute Gasteiger partial charge is 0.496 e. The second-order valence-corrected chi connectivity index (χ2v) is 6.70. The number of carbonyl (C=O) groups is 1. The Bertz CT molecular complexity index is 743. The van der Waals surface area contributed by atoms with Crippen LogP contribution in [0.15, 0.2) is 48.5 Å². The highest BCUT2D eigenvalue weighted by atomic mass is 35.5. The number of amides is 1. The molecule has 146 valence electrons. The molecule has 1 amide bonds. The maximum atomic E-state index is 12.4. The minimum absolute atomic E-state index is 0. The molecule has 0 spiro atoms. The first-order chi connectivity index (χ1) is 12.7. The van der Waals surface area contributed by atoms with Gasteiger partial charge in [0.05, 0.1) is 25.4 Å². The standard InChI is InChI=1S/C20H23ClN2O3.ClH/c1-25-19-11-16(21)7-8-18(19)20(24)22-12-17-14-23(9-10-26-17)13-15-5-3-2-4-6-15;/h2-8,11,17H,9-10,12-14H2,1H3,(H,22,24);1H. The Labute approximate surface area is 171 Å². The van der Waals surface area contributed by atoms with Gasteiger partial charge in [-0.1, -0.05) is 41.9 Å². The third-order valence-corrected chi connectivity index (χ3v) is 4.61. The zero-order valence-corrected chi connectivity index (χ0v) is 16.8. The van der Waals surface area contributed by atoms with Gasteiger partial charge in [0.1, 0.15) is 5.75 Å². The van der Waals surface area contributed by atoms with Crippen molar-refractivity contribution in [3.05, 3.63) is 64.7 Å². The van der Waals surface area contributed by atoms with Crippen LogP contribution in [-0.2, 0) is 11.3 Å². The van der Waals surface area contributed by atoms with E-state index in [1.165, 1.54) is 12.7 Å². The number of hydrogen-bond acceptors (Lipinski definition) is 4. The Morgan fingerprint density at radius 1 is 1.30 bits per heavy atom. The van der Waals surface area contributed by atoms with Crippen molar-refractivity contribution in [2.24, 2.45) is 0 Å². The molecular formula is C20H24Cl2N2O3. The highest BCUT2D eigenvalue weighted by molar-refractivity contribution is 6.30. The summed E-state index contributed by atoms with van der Waals surface area (Å²) in [7, 11) is 1.52. The Hall–Kier alpha value is -1.79. The van der Waals surface area contributed by atoms with E-state index >= 15 is 0 Å². The predicted octanol–water partition coefficient (Wildman–Crippen LogP) is 3.40. The third kappa shape index (κ3) is 6.11. The molecule has 1 heterocycles. The lowest BCUT2D eigenvalue weighted by atomic mass is 10.1. The lowest BCUT2D eigenvalue weighted by molar-refractivity contribution is -0.0292. The number of nitrogens with zero attached hydrogens (tertiary/aromatic N) is 1. The van der Waals surface area contributed by atoms with Crippen molar-refractivity contribution in [1.29, 1.82) is 0 Å². The monoisotopic (exact) mass is 410 g/mol. The molecule has 1 atom stereocenters. The minimum Gasteiger partial charge on any atom is -0.496 e. The van der Waals surface area contributed by atoms with Gasteiger partial charge in [-0.2, -0.15) is 0 Å². The van der Waals surface area contributed by atoms with E-state index in [4.69, 9.17) is 21.1 Å². The first kappa shape index (κ1) is 21.5. The molecule has 1 saturated heterocycles. The van der Waals surface area contributed by atoms with E-state index in [-0.39, 0.29) is 24.4 Å². The molecule has 2 aromatic carbocycles. The number of benzene rings is 2. The smallest absolute Gasteiger partial charge is 0.255 e. The van der Waals surface area contributed by atoms with Crippen LogP contribution < -0.4 is 10.1 Å². The van der Waals surface area contributed by atoms with Crippen molar-refractivity contribution >= 4 is 29.9 Å². The zero-order valence-electron chi connectivity index (χ0n) is 15.2. The van der Waals surface area contributed by atoms with Gasteiger partial charge in [0.25, 0.3) is 5.91 Å². The van der Waals surface area contributed by atoms with Crippen LogP contribution in [-0.4, -0.2) is 50.3 Å². The van der Waals surface area contributed by atoms with Gasteiger partial charge in [-0.05, 0) is 23.8 Å². The SMILES string of the molecule is COc1cc(Cl)ccc1C(=O)NCC1CN(Cc2ccccc2)CCO1.Cl. The summed E-state index contributed by atoms with van der Waals surface area (Å²) < 4.78 is 11.0. The van der Waals surface area contributed by atoms with Crippen LogP contribution >= 0.6 is 24.0 Å². The molecular weight excluding hydrogens is 387 g/mol. The molecule has 1 unspecified atom stereocenters. The van der Waals surface area contributed by atoms with Crippen LogP contribution in [0.5, 0.6) is 5.75 Å². The van der Waals surface area contributed by atoms with Crippen LogP contribution in [0, 0.1) is 0 Å². The molecule has 7 heteroatoms. The summed E-state index contributed by atoms with van der Waals surface area (Å²) in [6, 6.07) is 15.3. The second kappa shape index (κ2) is 10.5. The molecule has 0 radical (unpaired) electrons. The van der Waals surface area contributed by atoms with Gasteiger partial charge in [0.2, 0.25) is 0 Å². The highest BCUT2D eigenvalue weighted by Gasteiger charge is 2.22. The highest BCUT2D eigenvalue weighted by Crippen LogP contribution is 2.23. The topological polar surface area (TPSA) is 50.8 Å². The van der Waals surface area contributed by atoms with Gasteiger partial charge >= 0.3 is 0 Å². The van der Waals surface area contributed by atoms with Gasteiger partial charge in [-0.15, -0.1) is 12.4 Å². The van der Waals surface area contributed by atoms with Crippen LogP contribution in [0.1, 0.15) is 15.9 Å². The van der Waals surface area contributed by atoms with Gasteiger partial charge in [0, 0.05) is 31.2 Å². The Kier molecular flexibility index (Phi) is 8.38. The van der Waals surface area contributed by atoms with Gasteiger partial charge in [0.15, 0.2) is 0 Å². The van der Waals surface area contributed by atoms with E-state index < -0.39 is 0 Å². The fourth-order valence-electron chi connectivity index (χ4n) is 3.04. The number of halogens is 2. The quantitative estimate of drug-likeness (QED) is 0.792. The van der Waals surface area contributed by atoms with E-state index in [2.05, 4.69) is 22.3 Å². The predicted molar refractivity (Wildman–Crippen MR) is 109 cm³/mol. The molecule has 3 rings (SSSR count). The van der Waals surface area contributed by atoms with Crippen molar-refractivity contribution in [1.82, 2.24) is 10.2 Å². The summed E-state index contributed by atoms with van der Waals surface area (Å²) in [5, 5.41) is 3.47. The molecule has 1 aliphatic rings. The summed E-state index contributed by atoms with van der Waals surface area (Å²) in [6.45, 7) is 3.68. The van der Waals surface area contributed by atoms with Crippen molar-refractivity contribution in [2.45, 2.75) is 12.6 Å². The van der Waals surface area contributed by atoms with Crippen molar-refractivity contribution in [2.75, 3.05) is 33.4 Å². The molecule has 1 aliphatic heterocycles. The fraction of sp³-hybridized carbons (Fsp3) is 0.350. The molecule has 1 fully saturated rings. The van der Waals surface area contributed by atoms with Crippen LogP contribution in [0.2, 0.25) is 5.02 Å². The molecule has 0 aliphatic carbocycles. The van der Waals surface area contributed by atoms with Gasteiger partial charge < -0.3 is 14.8 Å².